The van der Waals surface area contributed by atoms with E-state index < -0.39 is 0 Å². The molecule has 0 atom stereocenters. The number of hydrogen-bond acceptors (Lipinski definition) is 8. The van der Waals surface area contributed by atoms with Crippen LogP contribution >= 0.6 is 23.2 Å². The molecule has 0 bridgehead atoms. The number of amides is 1. The smallest absolute Gasteiger partial charge is 0.291 e. The van der Waals surface area contributed by atoms with Crippen molar-refractivity contribution in [2.24, 2.45) is 13.0 Å². The molecule has 1 saturated heterocycles. The summed E-state index contributed by atoms with van der Waals surface area (Å²) in [5.41, 5.74) is 5.79. The standard InChI is InChI=1S/C31H33Cl2N7O3/c1-38-11-10-26-24(15-38)35-29(39(26)2)30(42)36-22-9-5-7-20(28(22)33)19-6-4-8-21(27(19)32)23-12-34-25(31(37-23)43-3)16-40-13-18(14-40)17-41/h4-9,12,18,41H,10-11,13-17H2,1-3H3,(H,36,42). The summed E-state index contributed by atoms with van der Waals surface area (Å²) in [6.45, 7) is 4.05. The average molecular weight is 623 g/mol. The number of carbonyl (C=O) groups is 1. The number of imidazole rings is 1. The molecule has 224 valence electrons. The van der Waals surface area contributed by atoms with Crippen LogP contribution < -0.4 is 10.1 Å². The maximum Gasteiger partial charge on any atom is 0.291 e. The minimum atomic E-state index is -0.328. The van der Waals surface area contributed by atoms with Gasteiger partial charge in [-0.05, 0) is 13.1 Å². The van der Waals surface area contributed by atoms with E-state index in [1.165, 1.54) is 0 Å². The summed E-state index contributed by atoms with van der Waals surface area (Å²) < 4.78 is 7.44. The molecule has 1 amide bonds. The number of nitrogens with zero attached hydrogens (tertiary/aromatic N) is 6. The van der Waals surface area contributed by atoms with Gasteiger partial charge < -0.3 is 24.6 Å². The predicted molar refractivity (Wildman–Crippen MR) is 167 cm³/mol. The quantitative estimate of drug-likeness (QED) is 0.296. The third-order valence-corrected chi connectivity index (χ3v) is 8.95. The molecule has 0 spiro atoms. The van der Waals surface area contributed by atoms with E-state index in [1.54, 1.807) is 19.4 Å². The predicted octanol–water partition coefficient (Wildman–Crippen LogP) is 4.52. The van der Waals surface area contributed by atoms with Gasteiger partial charge in [-0.25, -0.2) is 9.97 Å². The molecule has 2 N–H and O–H groups in total. The van der Waals surface area contributed by atoms with Crippen molar-refractivity contribution in [1.82, 2.24) is 29.3 Å². The lowest BCUT2D eigenvalue weighted by Crippen LogP contribution is -2.47. The van der Waals surface area contributed by atoms with E-state index in [9.17, 15) is 9.90 Å². The first kappa shape index (κ1) is 29.5. The summed E-state index contributed by atoms with van der Waals surface area (Å²) in [6.07, 6.45) is 2.53. The number of fused-ring (bicyclic) bond motifs is 1. The van der Waals surface area contributed by atoms with E-state index in [2.05, 4.69) is 25.1 Å². The number of aromatic nitrogens is 4. The van der Waals surface area contributed by atoms with E-state index in [4.69, 9.17) is 32.9 Å². The molecule has 0 aliphatic carbocycles. The Morgan fingerprint density at radius 3 is 2.53 bits per heavy atom. The number of ether oxygens (including phenoxy) is 1. The lowest BCUT2D eigenvalue weighted by Gasteiger charge is -2.37. The van der Waals surface area contributed by atoms with E-state index in [0.29, 0.717) is 68.8 Å². The maximum absolute atomic E-state index is 13.3. The number of likely N-dealkylation sites (N-methyl/N-ethyl adjacent to an activating group) is 1. The number of anilines is 1. The van der Waals surface area contributed by atoms with Crippen molar-refractivity contribution in [1.29, 1.82) is 0 Å². The van der Waals surface area contributed by atoms with Crippen LogP contribution in [0.4, 0.5) is 5.69 Å². The Labute approximate surface area is 260 Å². The van der Waals surface area contributed by atoms with Gasteiger partial charge in [-0.2, -0.15) is 0 Å². The van der Waals surface area contributed by atoms with Gasteiger partial charge in [0, 0.05) is 81.1 Å². The number of carbonyl (C=O) groups excluding carboxylic acids is 1. The molecule has 4 heterocycles. The number of likely N-dealkylation sites (tertiary alicyclic amines) is 1. The van der Waals surface area contributed by atoms with Crippen molar-refractivity contribution in [2.45, 2.75) is 19.5 Å². The largest absolute Gasteiger partial charge is 0.480 e. The highest BCUT2D eigenvalue weighted by molar-refractivity contribution is 6.39. The van der Waals surface area contributed by atoms with Crippen molar-refractivity contribution < 1.29 is 14.6 Å². The zero-order chi connectivity index (χ0) is 30.2. The van der Waals surface area contributed by atoms with Gasteiger partial charge in [0.25, 0.3) is 5.91 Å². The SMILES string of the molecule is COc1nc(-c2cccc(-c3cccc(NC(=O)c4nc5c(n4C)CCN(C)C5)c3Cl)c2Cl)cnc1CN1CC(CO)C1. The second-order valence-electron chi connectivity index (χ2n) is 11.1. The number of nitrogens with one attached hydrogen (secondary N) is 1. The van der Waals surface area contributed by atoms with Crippen molar-refractivity contribution in [3.05, 3.63) is 75.5 Å². The minimum Gasteiger partial charge on any atom is -0.480 e. The zero-order valence-electron chi connectivity index (χ0n) is 24.3. The molecule has 0 saturated carbocycles. The summed E-state index contributed by atoms with van der Waals surface area (Å²) >= 11 is 13.9. The fourth-order valence-electron chi connectivity index (χ4n) is 5.75. The molecule has 0 radical (unpaired) electrons. The van der Waals surface area contributed by atoms with Gasteiger partial charge >= 0.3 is 0 Å². The topological polar surface area (TPSA) is 109 Å². The molecular weight excluding hydrogens is 589 g/mol. The number of rotatable bonds is 8. The number of aliphatic hydroxyl groups is 1. The lowest BCUT2D eigenvalue weighted by molar-refractivity contribution is 0.0462. The summed E-state index contributed by atoms with van der Waals surface area (Å²) in [5, 5.41) is 13.1. The molecular formula is C31H33Cl2N7O3. The van der Waals surface area contributed by atoms with Crippen LogP contribution in [0.5, 0.6) is 5.88 Å². The Hall–Kier alpha value is -3.54. The Morgan fingerprint density at radius 2 is 1.79 bits per heavy atom. The first-order chi connectivity index (χ1) is 20.8. The number of hydrogen-bond donors (Lipinski definition) is 2. The highest BCUT2D eigenvalue weighted by Crippen LogP contribution is 2.41. The van der Waals surface area contributed by atoms with E-state index in [-0.39, 0.29) is 12.5 Å². The van der Waals surface area contributed by atoms with Crippen LogP contribution in [0.15, 0.2) is 42.6 Å². The van der Waals surface area contributed by atoms with Crippen molar-refractivity contribution in [2.75, 3.05) is 45.7 Å². The van der Waals surface area contributed by atoms with Crippen LogP contribution in [0.3, 0.4) is 0 Å². The fourth-order valence-corrected chi connectivity index (χ4v) is 6.35. The first-order valence-electron chi connectivity index (χ1n) is 14.1. The fraction of sp³-hybridized carbons (Fsp3) is 0.355. The molecule has 0 unspecified atom stereocenters. The van der Waals surface area contributed by atoms with Gasteiger partial charge in [-0.1, -0.05) is 53.5 Å². The lowest BCUT2D eigenvalue weighted by atomic mass is 10.0. The van der Waals surface area contributed by atoms with Gasteiger partial charge in [0.15, 0.2) is 5.82 Å². The highest BCUT2D eigenvalue weighted by atomic mass is 35.5. The summed E-state index contributed by atoms with van der Waals surface area (Å²) in [7, 11) is 5.49. The van der Waals surface area contributed by atoms with Crippen LogP contribution in [0.25, 0.3) is 22.4 Å². The molecule has 2 aliphatic heterocycles. The van der Waals surface area contributed by atoms with E-state index in [0.717, 1.165) is 43.1 Å². The van der Waals surface area contributed by atoms with Crippen LogP contribution in [0.1, 0.15) is 27.7 Å². The van der Waals surface area contributed by atoms with Crippen LogP contribution in [0, 0.1) is 5.92 Å². The molecule has 2 aromatic heterocycles. The van der Waals surface area contributed by atoms with Gasteiger partial charge in [0.2, 0.25) is 5.88 Å². The Bertz CT molecular complexity index is 1690. The third-order valence-electron chi connectivity index (χ3n) is 8.13. The third kappa shape index (κ3) is 5.73. The Morgan fingerprint density at radius 1 is 1.07 bits per heavy atom. The van der Waals surface area contributed by atoms with Crippen molar-refractivity contribution in [3.63, 3.8) is 0 Å². The van der Waals surface area contributed by atoms with Crippen molar-refractivity contribution >= 4 is 34.8 Å². The Kier molecular flexibility index (Phi) is 8.39. The molecule has 2 aromatic carbocycles. The van der Waals surface area contributed by atoms with Crippen LogP contribution in [0.2, 0.25) is 10.0 Å². The minimum absolute atomic E-state index is 0.191. The van der Waals surface area contributed by atoms with E-state index >= 15 is 0 Å². The molecule has 1 fully saturated rings. The second-order valence-corrected chi connectivity index (χ2v) is 11.9. The van der Waals surface area contributed by atoms with Gasteiger partial charge in [0.05, 0.1) is 40.4 Å². The molecule has 2 aliphatic rings. The van der Waals surface area contributed by atoms with E-state index in [1.807, 2.05) is 49.0 Å². The van der Waals surface area contributed by atoms with Gasteiger partial charge in [0.1, 0.15) is 5.69 Å². The number of aliphatic hydroxyl groups excluding tert-OH is 1. The summed E-state index contributed by atoms with van der Waals surface area (Å²) in [4.78, 5) is 31.7. The molecule has 4 aromatic rings. The molecule has 12 heteroatoms. The highest BCUT2D eigenvalue weighted by Gasteiger charge is 2.28. The second kappa shape index (κ2) is 12.2. The molecule has 10 nitrogen and oxygen atoms in total. The van der Waals surface area contributed by atoms with Crippen molar-refractivity contribution in [3.8, 4) is 28.3 Å². The summed E-state index contributed by atoms with van der Waals surface area (Å²) in [5.74, 6) is 0.753. The van der Waals surface area contributed by atoms with Crippen LogP contribution in [-0.4, -0.2) is 80.7 Å². The van der Waals surface area contributed by atoms with Gasteiger partial charge in [-0.15, -0.1) is 0 Å². The summed E-state index contributed by atoms with van der Waals surface area (Å²) in [6, 6.07) is 11.1. The average Bonchev–Trinajstić information content (AvgIpc) is 3.31. The van der Waals surface area contributed by atoms with Crippen LogP contribution in [-0.2, 0) is 26.6 Å². The first-order valence-corrected chi connectivity index (χ1v) is 14.9. The molecule has 43 heavy (non-hydrogen) atoms. The Balaban J connectivity index is 1.26. The zero-order valence-corrected chi connectivity index (χ0v) is 25.8. The normalized spacial score (nSPS) is 15.7. The molecule has 6 rings (SSSR count). The maximum atomic E-state index is 13.3. The number of halogens is 2. The number of methoxy groups -OCH3 is 1. The monoisotopic (exact) mass is 621 g/mol. The van der Waals surface area contributed by atoms with Gasteiger partial charge in [-0.3, -0.25) is 14.7 Å². The number of benzene rings is 2.